The zero-order valence-electron chi connectivity index (χ0n) is 16.1. The largest absolute Gasteiger partial charge is 0.433 e. The number of nitrogens with one attached hydrogen (secondary N) is 2. The van der Waals surface area contributed by atoms with Gasteiger partial charge < -0.3 is 10.6 Å². The molecule has 0 bridgehead atoms. The molecule has 0 aromatic carbocycles. The van der Waals surface area contributed by atoms with Crippen LogP contribution in [-0.4, -0.2) is 24.6 Å². The molecule has 0 aliphatic heterocycles. The number of aromatic nitrogens is 5. The van der Waals surface area contributed by atoms with Gasteiger partial charge in [0.15, 0.2) is 5.82 Å². The molecule has 0 atom stereocenters. The zero-order chi connectivity index (χ0) is 22.0. The van der Waals surface area contributed by atoms with Crippen LogP contribution in [-0.2, 0) is 6.18 Å². The van der Waals surface area contributed by atoms with E-state index < -0.39 is 11.9 Å². The van der Waals surface area contributed by atoms with Gasteiger partial charge in [-0.25, -0.2) is 19.5 Å². The summed E-state index contributed by atoms with van der Waals surface area (Å²) in [6.45, 7) is 7.42. The fourth-order valence-corrected chi connectivity index (χ4v) is 2.78. The van der Waals surface area contributed by atoms with Crippen LogP contribution < -0.4 is 10.6 Å². The van der Waals surface area contributed by atoms with Gasteiger partial charge in [0.2, 0.25) is 5.82 Å². The van der Waals surface area contributed by atoms with E-state index >= 15 is 0 Å². The molecule has 4 aromatic heterocycles. The van der Waals surface area contributed by atoms with Gasteiger partial charge in [0.1, 0.15) is 22.7 Å². The van der Waals surface area contributed by atoms with Gasteiger partial charge in [-0.15, -0.1) is 5.10 Å². The van der Waals surface area contributed by atoms with Crippen molar-refractivity contribution >= 4 is 22.8 Å². The number of fused-ring (bicyclic) bond motifs is 1. The number of hydrogen-bond acceptors (Lipinski definition) is 6. The Morgan fingerprint density at radius 2 is 1.94 bits per heavy atom. The molecular weight excluding hydrogens is 407 g/mol. The van der Waals surface area contributed by atoms with Crippen molar-refractivity contribution in [3.63, 3.8) is 0 Å². The molecule has 0 saturated carbocycles. The average Bonchev–Trinajstić information content (AvgIpc) is 3.22. The van der Waals surface area contributed by atoms with Crippen molar-refractivity contribution in [3.8, 4) is 11.5 Å². The molecule has 0 amide bonds. The quantitative estimate of drug-likeness (QED) is 0.422. The molecule has 2 N–H and O–H groups in total. The molecule has 4 aromatic rings. The van der Waals surface area contributed by atoms with Crippen LogP contribution in [0.1, 0.15) is 5.69 Å². The molecule has 156 valence electrons. The van der Waals surface area contributed by atoms with Gasteiger partial charge in [0.05, 0.1) is 0 Å². The SMILES string of the molecule is C=CC(=C)Nc1cc(Nc2nc(-c3cccc(C(F)(F)F)n3)nn3cccc23)ccn1. The smallest absolute Gasteiger partial charge is 0.341 e. The first-order valence-electron chi connectivity index (χ1n) is 9.05. The van der Waals surface area contributed by atoms with Crippen LogP contribution in [0.5, 0.6) is 0 Å². The van der Waals surface area contributed by atoms with E-state index in [2.05, 4.69) is 43.8 Å². The molecule has 0 fully saturated rings. The Kier molecular flexibility index (Phi) is 5.12. The third kappa shape index (κ3) is 4.37. The molecule has 0 aliphatic rings. The highest BCUT2D eigenvalue weighted by Gasteiger charge is 2.32. The molecule has 10 heteroatoms. The highest BCUT2D eigenvalue weighted by atomic mass is 19.4. The van der Waals surface area contributed by atoms with Crippen LogP contribution in [0.25, 0.3) is 17.0 Å². The zero-order valence-corrected chi connectivity index (χ0v) is 16.1. The van der Waals surface area contributed by atoms with Gasteiger partial charge in [-0.3, -0.25) is 0 Å². The second-order valence-corrected chi connectivity index (χ2v) is 6.44. The van der Waals surface area contributed by atoms with E-state index in [-0.39, 0.29) is 11.5 Å². The van der Waals surface area contributed by atoms with E-state index in [1.807, 2.05) is 0 Å². The van der Waals surface area contributed by atoms with Crippen LogP contribution in [0, 0.1) is 0 Å². The molecular formula is C21H16F3N7. The maximum Gasteiger partial charge on any atom is 0.433 e. The van der Waals surface area contributed by atoms with E-state index in [1.165, 1.54) is 16.6 Å². The maximum absolute atomic E-state index is 13.1. The summed E-state index contributed by atoms with van der Waals surface area (Å²) in [7, 11) is 0. The summed E-state index contributed by atoms with van der Waals surface area (Å²) in [5.41, 5.74) is 0.867. The summed E-state index contributed by atoms with van der Waals surface area (Å²) >= 11 is 0. The van der Waals surface area contributed by atoms with E-state index in [0.29, 0.717) is 28.5 Å². The first-order valence-corrected chi connectivity index (χ1v) is 9.05. The predicted octanol–water partition coefficient (Wildman–Crippen LogP) is 5.06. The predicted molar refractivity (Wildman–Crippen MR) is 112 cm³/mol. The van der Waals surface area contributed by atoms with Gasteiger partial charge in [0.25, 0.3) is 0 Å². The molecule has 0 saturated heterocycles. The monoisotopic (exact) mass is 423 g/mol. The van der Waals surface area contributed by atoms with Gasteiger partial charge >= 0.3 is 6.18 Å². The third-order valence-electron chi connectivity index (χ3n) is 4.22. The minimum atomic E-state index is -4.56. The van der Waals surface area contributed by atoms with E-state index in [9.17, 15) is 13.2 Å². The van der Waals surface area contributed by atoms with Crippen molar-refractivity contribution in [2.45, 2.75) is 6.18 Å². The Labute approximate surface area is 175 Å². The molecule has 7 nitrogen and oxygen atoms in total. The van der Waals surface area contributed by atoms with E-state index in [1.54, 1.807) is 42.7 Å². The fourth-order valence-electron chi connectivity index (χ4n) is 2.78. The number of halogens is 3. The molecule has 4 heterocycles. The summed E-state index contributed by atoms with van der Waals surface area (Å²) in [4.78, 5) is 12.3. The van der Waals surface area contributed by atoms with E-state index in [4.69, 9.17) is 0 Å². The lowest BCUT2D eigenvalue weighted by molar-refractivity contribution is -0.141. The number of anilines is 3. The molecule has 0 radical (unpaired) electrons. The molecule has 31 heavy (non-hydrogen) atoms. The first kappa shape index (κ1) is 20.1. The molecule has 0 unspecified atom stereocenters. The van der Waals surface area contributed by atoms with Crippen molar-refractivity contribution in [1.82, 2.24) is 24.6 Å². The number of nitrogens with zero attached hydrogens (tertiary/aromatic N) is 5. The second-order valence-electron chi connectivity index (χ2n) is 6.44. The third-order valence-corrected chi connectivity index (χ3v) is 4.22. The summed E-state index contributed by atoms with van der Waals surface area (Å²) in [5, 5.41) is 10.4. The number of alkyl halides is 3. The van der Waals surface area contributed by atoms with Crippen molar-refractivity contribution in [3.05, 3.63) is 85.5 Å². The summed E-state index contributed by atoms with van der Waals surface area (Å²) in [5.74, 6) is 0.980. The van der Waals surface area contributed by atoms with Crippen LogP contribution in [0.3, 0.4) is 0 Å². The standard InChI is InChI=1S/C21H16F3N7/c1-3-13(2)26-18-12-14(9-10-25-18)27-20-16-7-5-11-31(16)30-19(29-20)15-6-4-8-17(28-15)21(22,23)24/h3-12H,1-2H2,(H2,25,26,27,29,30). The summed E-state index contributed by atoms with van der Waals surface area (Å²) in [6, 6.07) is 10.6. The van der Waals surface area contributed by atoms with Crippen molar-refractivity contribution in [1.29, 1.82) is 0 Å². The van der Waals surface area contributed by atoms with Gasteiger partial charge in [-0.2, -0.15) is 13.2 Å². The first-order chi connectivity index (χ1) is 14.8. The van der Waals surface area contributed by atoms with Crippen molar-refractivity contribution in [2.75, 3.05) is 10.6 Å². The Balaban J connectivity index is 1.73. The second kappa shape index (κ2) is 7.90. The lowest BCUT2D eigenvalue weighted by Gasteiger charge is -2.12. The van der Waals surface area contributed by atoms with Crippen LogP contribution in [0.2, 0.25) is 0 Å². The number of allylic oxidation sites excluding steroid dienone is 1. The minimum Gasteiger partial charge on any atom is -0.341 e. The fraction of sp³-hybridized carbons (Fsp3) is 0.0476. The molecule has 0 aliphatic carbocycles. The van der Waals surface area contributed by atoms with E-state index in [0.717, 1.165) is 6.07 Å². The lowest BCUT2D eigenvalue weighted by atomic mass is 10.3. The van der Waals surface area contributed by atoms with Crippen LogP contribution in [0.4, 0.5) is 30.5 Å². The molecule has 4 rings (SSSR count). The number of rotatable bonds is 6. The highest BCUT2D eigenvalue weighted by molar-refractivity contribution is 5.75. The van der Waals surface area contributed by atoms with Crippen LogP contribution in [0.15, 0.2) is 79.8 Å². The van der Waals surface area contributed by atoms with Gasteiger partial charge in [0, 0.05) is 29.8 Å². The summed E-state index contributed by atoms with van der Waals surface area (Å²) < 4.78 is 40.7. The average molecular weight is 423 g/mol. The van der Waals surface area contributed by atoms with Crippen molar-refractivity contribution < 1.29 is 13.2 Å². The number of hydrogen-bond donors (Lipinski definition) is 2. The lowest BCUT2D eigenvalue weighted by Crippen LogP contribution is -2.09. The number of pyridine rings is 2. The topological polar surface area (TPSA) is 80.0 Å². The highest BCUT2D eigenvalue weighted by Crippen LogP contribution is 2.29. The van der Waals surface area contributed by atoms with Crippen LogP contribution >= 0.6 is 0 Å². The Morgan fingerprint density at radius 1 is 1.10 bits per heavy atom. The molecule has 0 spiro atoms. The van der Waals surface area contributed by atoms with Gasteiger partial charge in [-0.1, -0.05) is 19.2 Å². The Bertz CT molecular complexity index is 1280. The summed E-state index contributed by atoms with van der Waals surface area (Å²) in [6.07, 6.45) is 0.259. The van der Waals surface area contributed by atoms with Crippen molar-refractivity contribution in [2.24, 2.45) is 0 Å². The Morgan fingerprint density at radius 3 is 2.71 bits per heavy atom. The maximum atomic E-state index is 13.1. The normalized spacial score (nSPS) is 11.3. The van der Waals surface area contributed by atoms with Gasteiger partial charge in [-0.05, 0) is 36.4 Å². The minimum absolute atomic E-state index is 0.00726. The Hall–Kier alpha value is -4.21.